The number of carbonyl (C=O) groups excluding carboxylic acids is 1. The van der Waals surface area contributed by atoms with E-state index in [1.807, 2.05) is 35.0 Å². The zero-order valence-electron chi connectivity index (χ0n) is 17.8. The molecule has 1 saturated heterocycles. The van der Waals surface area contributed by atoms with Crippen LogP contribution in [0.15, 0.2) is 48.7 Å². The number of carbonyl (C=O) groups is 1. The Bertz CT molecular complexity index is 1030. The highest BCUT2D eigenvalue weighted by atomic mass is 16.5. The maximum Gasteiger partial charge on any atom is 0.277 e. The Kier molecular flexibility index (Phi) is 5.62. The molecule has 0 spiro atoms. The van der Waals surface area contributed by atoms with E-state index in [0.717, 1.165) is 28.3 Å². The van der Waals surface area contributed by atoms with Gasteiger partial charge in [-0.25, -0.2) is 9.58 Å². The minimum Gasteiger partial charge on any atom is -0.381 e. The molecule has 158 valence electrons. The third kappa shape index (κ3) is 4.11. The van der Waals surface area contributed by atoms with E-state index in [2.05, 4.69) is 26.8 Å². The number of rotatable bonds is 4. The topological polar surface area (TPSA) is 67.1 Å². The molecule has 3 aromatic rings. The van der Waals surface area contributed by atoms with E-state index in [0.29, 0.717) is 31.6 Å². The third-order valence-electron chi connectivity index (χ3n) is 5.68. The molecule has 0 bridgehead atoms. The molecule has 30 heavy (non-hydrogen) atoms. The second kappa shape index (κ2) is 8.20. The SMILES string of the molecule is CC(C)(C)c1nn2ccccc2c1Cc1ccc(C(=O)N(O)C2CCOCC2)cc1. The van der Waals surface area contributed by atoms with Crippen molar-refractivity contribution in [2.45, 2.75) is 51.5 Å². The fourth-order valence-electron chi connectivity index (χ4n) is 4.02. The lowest BCUT2D eigenvalue weighted by atomic mass is 9.87. The van der Waals surface area contributed by atoms with E-state index in [9.17, 15) is 10.0 Å². The summed E-state index contributed by atoms with van der Waals surface area (Å²) < 4.78 is 7.24. The van der Waals surface area contributed by atoms with Gasteiger partial charge in [-0.15, -0.1) is 0 Å². The standard InChI is InChI=1S/C24H29N3O3/c1-24(2,3)22-20(21-6-4-5-13-26(21)25-22)16-17-7-9-18(10-8-17)23(28)27(29)19-11-14-30-15-12-19/h4-10,13,19,29H,11-12,14-16H2,1-3H3. The third-order valence-corrected chi connectivity index (χ3v) is 5.68. The molecule has 1 aliphatic rings. The molecule has 4 rings (SSSR count). The minimum absolute atomic E-state index is 0.0711. The van der Waals surface area contributed by atoms with Crippen molar-refractivity contribution in [1.82, 2.24) is 14.7 Å². The molecule has 1 N–H and O–H groups in total. The molecule has 1 amide bonds. The quantitative estimate of drug-likeness (QED) is 0.519. The van der Waals surface area contributed by atoms with Crippen molar-refractivity contribution in [3.63, 3.8) is 0 Å². The van der Waals surface area contributed by atoms with Crippen LogP contribution in [-0.4, -0.2) is 45.0 Å². The number of benzene rings is 1. The van der Waals surface area contributed by atoms with Crippen LogP contribution in [0, 0.1) is 0 Å². The summed E-state index contributed by atoms with van der Waals surface area (Å²) in [5.41, 5.74) is 4.90. The number of amides is 1. The number of ether oxygens (including phenoxy) is 1. The Balaban J connectivity index is 1.56. The fraction of sp³-hybridized carbons (Fsp3) is 0.417. The van der Waals surface area contributed by atoms with Gasteiger partial charge in [0.1, 0.15) is 0 Å². The lowest BCUT2D eigenvalue weighted by Crippen LogP contribution is -2.41. The number of aromatic nitrogens is 2. The van der Waals surface area contributed by atoms with Crippen molar-refractivity contribution in [3.8, 4) is 0 Å². The summed E-state index contributed by atoms with van der Waals surface area (Å²) in [6.45, 7) is 7.66. The molecule has 0 atom stereocenters. The smallest absolute Gasteiger partial charge is 0.277 e. The first-order valence-electron chi connectivity index (χ1n) is 10.5. The summed E-state index contributed by atoms with van der Waals surface area (Å²) in [6.07, 6.45) is 4.02. The Hall–Kier alpha value is -2.70. The van der Waals surface area contributed by atoms with Gasteiger partial charge >= 0.3 is 0 Å². The predicted octanol–water partition coefficient (Wildman–Crippen LogP) is 4.23. The first-order valence-corrected chi connectivity index (χ1v) is 10.5. The van der Waals surface area contributed by atoms with Gasteiger partial charge in [0.15, 0.2) is 0 Å². The van der Waals surface area contributed by atoms with Crippen LogP contribution >= 0.6 is 0 Å². The molecule has 0 radical (unpaired) electrons. The maximum atomic E-state index is 12.7. The van der Waals surface area contributed by atoms with Crippen molar-refractivity contribution in [1.29, 1.82) is 0 Å². The van der Waals surface area contributed by atoms with Gasteiger partial charge < -0.3 is 4.74 Å². The number of hydrogen-bond donors (Lipinski definition) is 1. The van der Waals surface area contributed by atoms with E-state index in [4.69, 9.17) is 9.84 Å². The normalized spacial score (nSPS) is 15.5. The Labute approximate surface area is 177 Å². The summed E-state index contributed by atoms with van der Waals surface area (Å²) in [6, 6.07) is 13.4. The van der Waals surface area contributed by atoms with Crippen molar-refractivity contribution >= 4 is 11.4 Å². The van der Waals surface area contributed by atoms with Crippen LogP contribution in [0.1, 0.15) is 60.8 Å². The van der Waals surface area contributed by atoms with Crippen molar-refractivity contribution in [3.05, 3.63) is 71.0 Å². The lowest BCUT2D eigenvalue weighted by Gasteiger charge is -2.29. The van der Waals surface area contributed by atoms with E-state index < -0.39 is 0 Å². The molecule has 0 saturated carbocycles. The first-order chi connectivity index (χ1) is 14.3. The van der Waals surface area contributed by atoms with Crippen LogP contribution < -0.4 is 0 Å². The highest BCUT2D eigenvalue weighted by Gasteiger charge is 2.26. The van der Waals surface area contributed by atoms with Gasteiger partial charge in [-0.1, -0.05) is 39.0 Å². The maximum absolute atomic E-state index is 12.7. The van der Waals surface area contributed by atoms with Gasteiger partial charge in [0.05, 0.1) is 17.3 Å². The van der Waals surface area contributed by atoms with Crippen LogP contribution in [0.4, 0.5) is 0 Å². The highest BCUT2D eigenvalue weighted by molar-refractivity contribution is 5.93. The zero-order valence-corrected chi connectivity index (χ0v) is 17.8. The fourth-order valence-corrected chi connectivity index (χ4v) is 4.02. The van der Waals surface area contributed by atoms with Gasteiger partial charge in [0.25, 0.3) is 5.91 Å². The largest absolute Gasteiger partial charge is 0.381 e. The summed E-state index contributed by atoms with van der Waals surface area (Å²) in [4.78, 5) is 12.7. The van der Waals surface area contributed by atoms with E-state index >= 15 is 0 Å². The van der Waals surface area contributed by atoms with Crippen LogP contribution in [-0.2, 0) is 16.6 Å². The monoisotopic (exact) mass is 407 g/mol. The molecule has 6 heteroatoms. The predicted molar refractivity (Wildman–Crippen MR) is 115 cm³/mol. The number of hydrogen-bond acceptors (Lipinski definition) is 4. The average Bonchev–Trinajstić information content (AvgIpc) is 3.13. The van der Waals surface area contributed by atoms with Crippen molar-refractivity contribution < 1.29 is 14.7 Å². The number of nitrogens with zero attached hydrogens (tertiary/aromatic N) is 3. The van der Waals surface area contributed by atoms with Crippen molar-refractivity contribution in [2.75, 3.05) is 13.2 Å². The molecule has 0 aliphatic carbocycles. The van der Waals surface area contributed by atoms with Crippen LogP contribution in [0.3, 0.4) is 0 Å². The number of hydroxylamine groups is 2. The molecule has 3 heterocycles. The van der Waals surface area contributed by atoms with Gasteiger partial charge in [-0.3, -0.25) is 10.0 Å². The molecule has 0 unspecified atom stereocenters. The lowest BCUT2D eigenvalue weighted by molar-refractivity contribution is -0.112. The van der Waals surface area contributed by atoms with E-state index in [-0.39, 0.29) is 17.4 Å². The molecule has 1 aromatic carbocycles. The highest BCUT2D eigenvalue weighted by Crippen LogP contribution is 2.29. The van der Waals surface area contributed by atoms with Gasteiger partial charge in [0, 0.05) is 42.4 Å². The minimum atomic E-state index is -0.361. The molecular formula is C24H29N3O3. The average molecular weight is 408 g/mol. The van der Waals surface area contributed by atoms with E-state index in [1.54, 1.807) is 12.1 Å². The summed E-state index contributed by atoms with van der Waals surface area (Å²) in [5.74, 6) is -0.361. The first kappa shape index (κ1) is 20.6. The molecule has 1 aliphatic heterocycles. The van der Waals surface area contributed by atoms with Gasteiger partial charge in [-0.05, 0) is 42.7 Å². The molecular weight excluding hydrogens is 378 g/mol. The zero-order chi connectivity index (χ0) is 21.3. The Morgan fingerprint density at radius 3 is 2.53 bits per heavy atom. The second-order valence-electron chi connectivity index (χ2n) is 8.97. The van der Waals surface area contributed by atoms with Crippen LogP contribution in [0.25, 0.3) is 5.52 Å². The molecule has 6 nitrogen and oxygen atoms in total. The Morgan fingerprint density at radius 1 is 1.17 bits per heavy atom. The van der Waals surface area contributed by atoms with Crippen molar-refractivity contribution in [2.24, 2.45) is 0 Å². The van der Waals surface area contributed by atoms with Crippen LogP contribution in [0.5, 0.6) is 0 Å². The van der Waals surface area contributed by atoms with Crippen LogP contribution in [0.2, 0.25) is 0 Å². The molecule has 2 aromatic heterocycles. The number of pyridine rings is 1. The number of fused-ring (bicyclic) bond motifs is 1. The van der Waals surface area contributed by atoms with Gasteiger partial charge in [-0.2, -0.15) is 5.10 Å². The summed E-state index contributed by atoms with van der Waals surface area (Å²) >= 11 is 0. The summed E-state index contributed by atoms with van der Waals surface area (Å²) in [7, 11) is 0. The summed E-state index contributed by atoms with van der Waals surface area (Å²) in [5, 5.41) is 16.0. The second-order valence-corrected chi connectivity index (χ2v) is 8.97. The van der Waals surface area contributed by atoms with E-state index in [1.165, 1.54) is 5.56 Å². The van der Waals surface area contributed by atoms with Gasteiger partial charge in [0.2, 0.25) is 0 Å². The Morgan fingerprint density at radius 2 is 1.87 bits per heavy atom. The molecule has 1 fully saturated rings.